The Labute approximate surface area is 156 Å². The number of aliphatic carboxylic acids is 1. The molecule has 0 bridgehead atoms. The summed E-state index contributed by atoms with van der Waals surface area (Å²) in [5.41, 5.74) is 10.6. The first-order chi connectivity index (χ1) is 12.5. The summed E-state index contributed by atoms with van der Waals surface area (Å²) < 4.78 is 0. The molecule has 154 valence electrons. The molecule has 0 aromatic heterocycles. The summed E-state index contributed by atoms with van der Waals surface area (Å²) in [4.78, 5) is 57.4. The van der Waals surface area contributed by atoms with Gasteiger partial charge in [0.1, 0.15) is 12.1 Å². The van der Waals surface area contributed by atoms with Crippen molar-refractivity contribution >= 4 is 29.6 Å². The second kappa shape index (κ2) is 11.8. The number of carboxylic acid groups (broad SMARTS) is 1. The third-order valence-corrected chi connectivity index (χ3v) is 3.57. The van der Waals surface area contributed by atoms with Gasteiger partial charge in [-0.1, -0.05) is 13.8 Å². The van der Waals surface area contributed by atoms with E-state index in [0.29, 0.717) is 0 Å². The zero-order valence-corrected chi connectivity index (χ0v) is 15.2. The van der Waals surface area contributed by atoms with Crippen molar-refractivity contribution in [2.24, 2.45) is 17.4 Å². The number of primary amides is 1. The molecule has 0 radical (unpaired) electrons. The van der Waals surface area contributed by atoms with Crippen molar-refractivity contribution < 1.29 is 34.2 Å². The number of hydrogen-bond acceptors (Lipinski definition) is 7. The summed E-state index contributed by atoms with van der Waals surface area (Å²) in [6.45, 7) is 2.17. The normalized spacial score (nSPS) is 14.0. The zero-order chi connectivity index (χ0) is 21.1. The molecule has 3 atom stereocenters. The van der Waals surface area contributed by atoms with Gasteiger partial charge in [0, 0.05) is 6.42 Å². The Morgan fingerprint density at radius 2 is 1.59 bits per heavy atom. The molecule has 0 saturated heterocycles. The van der Waals surface area contributed by atoms with Crippen molar-refractivity contribution in [1.82, 2.24) is 16.0 Å². The molecule has 12 nitrogen and oxygen atoms in total. The van der Waals surface area contributed by atoms with Crippen LogP contribution in [0.25, 0.3) is 0 Å². The van der Waals surface area contributed by atoms with Gasteiger partial charge in [-0.3, -0.25) is 19.2 Å². The van der Waals surface area contributed by atoms with Crippen molar-refractivity contribution in [2.75, 3.05) is 13.2 Å². The molecular weight excluding hydrogens is 362 g/mol. The van der Waals surface area contributed by atoms with E-state index in [1.807, 2.05) is 0 Å². The van der Waals surface area contributed by atoms with Crippen LogP contribution in [0.1, 0.15) is 26.7 Å². The summed E-state index contributed by atoms with van der Waals surface area (Å²) in [5.74, 6) is -4.58. The highest BCUT2D eigenvalue weighted by Crippen LogP contribution is 1.99. The molecule has 0 aromatic carbocycles. The monoisotopic (exact) mass is 389 g/mol. The number of carbonyl (C=O) groups excluding carboxylic acids is 4. The fraction of sp³-hybridized carbons (Fsp3) is 0.667. The highest BCUT2D eigenvalue weighted by molar-refractivity contribution is 5.92. The van der Waals surface area contributed by atoms with Gasteiger partial charge in [0.15, 0.2) is 0 Å². The first kappa shape index (κ1) is 24.3. The quantitative estimate of drug-likeness (QED) is 0.176. The summed E-state index contributed by atoms with van der Waals surface area (Å²) >= 11 is 0. The summed E-state index contributed by atoms with van der Waals surface area (Å²) in [5, 5.41) is 24.8. The maximum atomic E-state index is 12.0. The van der Waals surface area contributed by atoms with Gasteiger partial charge in [-0.25, -0.2) is 4.79 Å². The van der Waals surface area contributed by atoms with E-state index in [2.05, 4.69) is 16.0 Å². The van der Waals surface area contributed by atoms with E-state index in [4.69, 9.17) is 16.6 Å². The SMILES string of the molecule is CC(C)[C@H](N)C(=O)NCC(=O)N[C@@H](CO)C(=O)N[C@@H](CCC(N)=O)C(=O)O. The third-order valence-electron chi connectivity index (χ3n) is 3.57. The lowest BCUT2D eigenvalue weighted by atomic mass is 10.1. The molecule has 0 aliphatic carbocycles. The van der Waals surface area contributed by atoms with Gasteiger partial charge in [-0.2, -0.15) is 0 Å². The van der Waals surface area contributed by atoms with Crippen LogP contribution in [0.4, 0.5) is 0 Å². The molecule has 0 heterocycles. The van der Waals surface area contributed by atoms with Crippen molar-refractivity contribution in [3.8, 4) is 0 Å². The smallest absolute Gasteiger partial charge is 0.326 e. The van der Waals surface area contributed by atoms with Crippen LogP contribution >= 0.6 is 0 Å². The van der Waals surface area contributed by atoms with Crippen LogP contribution in [0, 0.1) is 5.92 Å². The molecule has 0 aliphatic rings. The lowest BCUT2D eigenvalue weighted by Crippen LogP contribution is -2.55. The molecule has 0 rings (SSSR count). The first-order valence-corrected chi connectivity index (χ1v) is 8.24. The Balaban J connectivity index is 4.65. The maximum Gasteiger partial charge on any atom is 0.326 e. The minimum Gasteiger partial charge on any atom is -0.480 e. The van der Waals surface area contributed by atoms with Crippen LogP contribution in [0.2, 0.25) is 0 Å². The number of aliphatic hydroxyl groups excluding tert-OH is 1. The number of nitrogens with one attached hydrogen (secondary N) is 3. The predicted molar refractivity (Wildman–Crippen MR) is 92.8 cm³/mol. The van der Waals surface area contributed by atoms with Gasteiger partial charge < -0.3 is 37.6 Å². The number of carboxylic acids is 1. The highest BCUT2D eigenvalue weighted by Gasteiger charge is 2.26. The van der Waals surface area contributed by atoms with Crippen LogP contribution in [0.5, 0.6) is 0 Å². The van der Waals surface area contributed by atoms with Gasteiger partial charge in [0.2, 0.25) is 23.6 Å². The van der Waals surface area contributed by atoms with E-state index in [0.717, 1.165) is 0 Å². The van der Waals surface area contributed by atoms with E-state index in [9.17, 15) is 29.1 Å². The minimum absolute atomic E-state index is 0.141. The van der Waals surface area contributed by atoms with Crippen molar-refractivity contribution in [2.45, 2.75) is 44.8 Å². The Bertz CT molecular complexity index is 567. The molecule has 0 saturated carbocycles. The summed E-state index contributed by atoms with van der Waals surface area (Å²) in [6.07, 6.45) is -0.513. The summed E-state index contributed by atoms with van der Waals surface area (Å²) in [7, 11) is 0. The van der Waals surface area contributed by atoms with Gasteiger partial charge in [0.05, 0.1) is 19.2 Å². The second-order valence-electron chi connectivity index (χ2n) is 6.19. The molecule has 0 spiro atoms. The van der Waals surface area contributed by atoms with Gasteiger partial charge in [-0.15, -0.1) is 0 Å². The Kier molecular flexibility index (Phi) is 10.6. The molecule has 27 heavy (non-hydrogen) atoms. The van der Waals surface area contributed by atoms with E-state index in [-0.39, 0.29) is 18.8 Å². The number of aliphatic hydroxyl groups is 1. The van der Waals surface area contributed by atoms with Crippen molar-refractivity contribution in [1.29, 1.82) is 0 Å². The molecule has 0 unspecified atom stereocenters. The Morgan fingerprint density at radius 3 is 2.04 bits per heavy atom. The fourth-order valence-corrected chi connectivity index (χ4v) is 1.84. The second-order valence-corrected chi connectivity index (χ2v) is 6.19. The summed E-state index contributed by atoms with van der Waals surface area (Å²) in [6, 6.07) is -3.67. The van der Waals surface area contributed by atoms with Crippen LogP contribution in [-0.4, -0.2) is 71.1 Å². The van der Waals surface area contributed by atoms with Crippen LogP contribution in [0.3, 0.4) is 0 Å². The largest absolute Gasteiger partial charge is 0.480 e. The molecule has 0 aromatic rings. The topological polar surface area (TPSA) is 214 Å². The Morgan fingerprint density at radius 1 is 1.00 bits per heavy atom. The first-order valence-electron chi connectivity index (χ1n) is 8.24. The molecule has 0 fully saturated rings. The van der Waals surface area contributed by atoms with Gasteiger partial charge in [0.25, 0.3) is 0 Å². The standard InChI is InChI=1S/C15H27N5O7/c1-7(2)12(17)14(25)18-5-11(23)19-9(6-21)13(24)20-8(15(26)27)3-4-10(16)22/h7-9,12,21H,3-6,17H2,1-2H3,(H2,16,22)(H,18,25)(H,19,23)(H,20,24)(H,26,27)/t8-,9-,12-/m0/s1. The van der Waals surface area contributed by atoms with Crippen molar-refractivity contribution in [3.05, 3.63) is 0 Å². The Hall–Kier alpha value is -2.73. The highest BCUT2D eigenvalue weighted by atomic mass is 16.4. The number of nitrogens with two attached hydrogens (primary N) is 2. The molecule has 9 N–H and O–H groups in total. The number of rotatable bonds is 12. The average Bonchev–Trinajstić information content (AvgIpc) is 2.59. The van der Waals surface area contributed by atoms with Crippen LogP contribution < -0.4 is 27.4 Å². The molecule has 0 aliphatic heterocycles. The number of hydrogen-bond donors (Lipinski definition) is 7. The third kappa shape index (κ3) is 9.51. The van der Waals surface area contributed by atoms with E-state index in [1.165, 1.54) is 0 Å². The lowest BCUT2D eigenvalue weighted by Gasteiger charge is -2.20. The van der Waals surface area contributed by atoms with E-state index < -0.39 is 60.9 Å². The minimum atomic E-state index is -1.44. The number of carbonyl (C=O) groups is 5. The van der Waals surface area contributed by atoms with Gasteiger partial charge in [-0.05, 0) is 12.3 Å². The lowest BCUT2D eigenvalue weighted by molar-refractivity contribution is -0.142. The van der Waals surface area contributed by atoms with Crippen LogP contribution in [0.15, 0.2) is 0 Å². The van der Waals surface area contributed by atoms with Gasteiger partial charge >= 0.3 is 5.97 Å². The van der Waals surface area contributed by atoms with E-state index in [1.54, 1.807) is 13.8 Å². The molecular formula is C15H27N5O7. The maximum absolute atomic E-state index is 12.0. The fourth-order valence-electron chi connectivity index (χ4n) is 1.84. The average molecular weight is 389 g/mol. The van der Waals surface area contributed by atoms with E-state index >= 15 is 0 Å². The number of amides is 4. The predicted octanol–water partition coefficient (Wildman–Crippen LogP) is -3.60. The molecule has 4 amide bonds. The van der Waals surface area contributed by atoms with Crippen LogP contribution in [-0.2, 0) is 24.0 Å². The zero-order valence-electron chi connectivity index (χ0n) is 15.2. The molecule has 12 heteroatoms. The van der Waals surface area contributed by atoms with Crippen molar-refractivity contribution in [3.63, 3.8) is 0 Å².